The van der Waals surface area contributed by atoms with Crippen LogP contribution in [0.15, 0.2) is 48.5 Å². The number of aromatic amines is 1. The third-order valence-corrected chi connectivity index (χ3v) is 7.86. The van der Waals surface area contributed by atoms with Crippen molar-refractivity contribution < 1.29 is 14.2 Å². The van der Waals surface area contributed by atoms with Crippen molar-refractivity contribution in [2.75, 3.05) is 40.5 Å². The summed E-state index contributed by atoms with van der Waals surface area (Å²) in [5.41, 5.74) is 5.05. The molecule has 7 heteroatoms. The molecule has 3 aromatic rings. The average Bonchev–Trinajstić information content (AvgIpc) is 3.16. The highest BCUT2D eigenvalue weighted by Crippen LogP contribution is 2.47. The number of rotatable bonds is 10. The first-order chi connectivity index (χ1) is 16.2. The molecule has 2 aromatic carbocycles. The van der Waals surface area contributed by atoms with Gasteiger partial charge in [-0.25, -0.2) is 0 Å². The molecule has 1 unspecified atom stereocenters. The second kappa shape index (κ2) is 10.7. The van der Waals surface area contributed by atoms with Gasteiger partial charge in [0.05, 0.1) is 18.9 Å². The van der Waals surface area contributed by atoms with Crippen molar-refractivity contribution in [3.63, 3.8) is 0 Å². The Balaban J connectivity index is 1.68. The third-order valence-electron chi connectivity index (χ3n) is 5.92. The van der Waals surface area contributed by atoms with Gasteiger partial charge in [-0.3, -0.25) is 0 Å². The molecule has 0 radical (unpaired) electrons. The maximum Gasteiger partial charge on any atom is 0.136 e. The third kappa shape index (κ3) is 6.12. The summed E-state index contributed by atoms with van der Waals surface area (Å²) >= 11 is 6.38. The Morgan fingerprint density at radius 1 is 0.971 bits per heavy atom. The topological polar surface area (TPSA) is 46.7 Å². The highest BCUT2D eigenvalue weighted by molar-refractivity contribution is 6.76. The van der Waals surface area contributed by atoms with Crippen LogP contribution in [0.25, 0.3) is 22.4 Å². The van der Waals surface area contributed by atoms with Gasteiger partial charge in [-0.05, 0) is 50.5 Å². The van der Waals surface area contributed by atoms with Gasteiger partial charge in [0, 0.05) is 48.6 Å². The molecule has 1 aliphatic heterocycles. The van der Waals surface area contributed by atoms with Crippen molar-refractivity contribution in [2.45, 2.75) is 31.8 Å². The fourth-order valence-electron chi connectivity index (χ4n) is 3.93. The average molecular weight is 499 g/mol. The number of nitrogens with zero attached hydrogens (tertiary/aromatic N) is 1. The van der Waals surface area contributed by atoms with Crippen LogP contribution in [-0.4, -0.2) is 58.4 Å². The van der Waals surface area contributed by atoms with Gasteiger partial charge in [-0.2, -0.15) is 0 Å². The van der Waals surface area contributed by atoms with Crippen LogP contribution in [0.5, 0.6) is 11.5 Å². The van der Waals surface area contributed by atoms with E-state index in [0.717, 1.165) is 58.8 Å². The molecule has 2 heterocycles. The van der Waals surface area contributed by atoms with E-state index in [0.29, 0.717) is 18.2 Å². The van der Waals surface area contributed by atoms with E-state index in [9.17, 15) is 0 Å². The zero-order valence-electron chi connectivity index (χ0n) is 20.8. The minimum atomic E-state index is -1.15. The molecule has 1 N–H and O–H groups in total. The van der Waals surface area contributed by atoms with Crippen LogP contribution in [0, 0.1) is 0 Å². The summed E-state index contributed by atoms with van der Waals surface area (Å²) in [7, 11) is 2.95. The maximum atomic E-state index is 6.38. The van der Waals surface area contributed by atoms with Crippen LogP contribution in [0.2, 0.25) is 30.7 Å². The molecule has 0 saturated carbocycles. The number of nitrogens with one attached hydrogen (secondary N) is 1. The fourth-order valence-corrected chi connectivity index (χ4v) is 4.86. The lowest BCUT2D eigenvalue weighted by atomic mass is 10.0. The van der Waals surface area contributed by atoms with Crippen molar-refractivity contribution >= 4 is 19.7 Å². The molecule has 0 aliphatic carbocycles. The molecule has 0 fully saturated rings. The molecule has 1 aliphatic rings. The molecule has 1 aromatic heterocycles. The Bertz CT molecular complexity index is 1120. The summed E-state index contributed by atoms with van der Waals surface area (Å²) in [5, 5.41) is 0.670. The number of H-pyrrole nitrogens is 1. The number of fused-ring (bicyclic) bond motifs is 5. The number of halogens is 1. The van der Waals surface area contributed by atoms with Crippen molar-refractivity contribution in [1.82, 2.24) is 9.88 Å². The van der Waals surface area contributed by atoms with E-state index < -0.39 is 8.07 Å². The first-order valence-electron chi connectivity index (χ1n) is 11.9. The van der Waals surface area contributed by atoms with Gasteiger partial charge in [0.1, 0.15) is 17.6 Å². The van der Waals surface area contributed by atoms with Gasteiger partial charge in [-0.1, -0.05) is 49.4 Å². The smallest absolute Gasteiger partial charge is 0.136 e. The Hall–Kier alpha value is -2.09. The number of benzene rings is 2. The molecular formula is C27H35ClN2O3Si. The second-order valence-electron chi connectivity index (χ2n) is 10.3. The van der Waals surface area contributed by atoms with Gasteiger partial charge in [0.2, 0.25) is 0 Å². The Kier molecular flexibility index (Phi) is 7.85. The van der Waals surface area contributed by atoms with Gasteiger partial charge >= 0.3 is 0 Å². The lowest BCUT2D eigenvalue weighted by Gasteiger charge is -2.20. The summed E-state index contributed by atoms with van der Waals surface area (Å²) < 4.78 is 18.7. The summed E-state index contributed by atoms with van der Waals surface area (Å²) in [6, 6.07) is 17.2. The van der Waals surface area contributed by atoms with Crippen molar-refractivity contribution in [2.24, 2.45) is 0 Å². The molecule has 5 nitrogen and oxygen atoms in total. The van der Waals surface area contributed by atoms with Crippen LogP contribution in [0.4, 0.5) is 0 Å². The highest BCUT2D eigenvalue weighted by atomic mass is 35.5. The zero-order valence-corrected chi connectivity index (χ0v) is 22.5. The summed E-state index contributed by atoms with van der Waals surface area (Å²) in [5.74, 6) is 1.60. The molecule has 1 atom stereocenters. The number of ether oxygens (including phenoxy) is 3. The first-order valence-corrected chi connectivity index (χ1v) is 15.9. The van der Waals surface area contributed by atoms with Gasteiger partial charge in [0.15, 0.2) is 0 Å². The van der Waals surface area contributed by atoms with E-state index in [1.165, 1.54) is 0 Å². The summed E-state index contributed by atoms with van der Waals surface area (Å²) in [6.45, 7) is 9.85. The van der Waals surface area contributed by atoms with Gasteiger partial charge in [0.25, 0.3) is 0 Å². The van der Waals surface area contributed by atoms with E-state index in [2.05, 4.69) is 55.8 Å². The van der Waals surface area contributed by atoms with E-state index in [-0.39, 0.29) is 6.10 Å². The van der Waals surface area contributed by atoms with Crippen molar-refractivity contribution in [1.29, 1.82) is 0 Å². The van der Waals surface area contributed by atoms with Gasteiger partial charge in [-0.15, -0.1) is 0 Å². The standard InChI is InChI=1S/C27H35ClN2O3Si/c1-30(2)12-13-32-26(18-31-14-15-34(3,4)5)23-17-21-20-8-6-7-9-24(20)33-25-11-10-19(28)16-22(25)27(21)29-23/h6-11,16-17,26,29H,12-15,18H2,1-5H3. The molecule has 0 spiro atoms. The second-order valence-corrected chi connectivity index (χ2v) is 16.4. The summed E-state index contributed by atoms with van der Waals surface area (Å²) in [6.07, 6.45) is -0.191. The minimum Gasteiger partial charge on any atom is -0.456 e. The zero-order chi connectivity index (χ0) is 24.3. The largest absolute Gasteiger partial charge is 0.456 e. The van der Waals surface area contributed by atoms with Crippen LogP contribution in [0.3, 0.4) is 0 Å². The van der Waals surface area contributed by atoms with E-state index in [1.54, 1.807) is 0 Å². The number of hydrogen-bond donors (Lipinski definition) is 1. The van der Waals surface area contributed by atoms with E-state index >= 15 is 0 Å². The molecule has 182 valence electrons. The first kappa shape index (κ1) is 25.0. The SMILES string of the molecule is CN(C)CCOC(COCC[Si](C)(C)C)c1cc2c([nH]1)-c1cc(Cl)ccc1Oc1ccccc1-2. The Morgan fingerprint density at radius 3 is 2.50 bits per heavy atom. The van der Waals surface area contributed by atoms with Gasteiger partial charge < -0.3 is 24.1 Å². The minimum absolute atomic E-state index is 0.191. The monoisotopic (exact) mass is 498 g/mol. The normalized spacial score (nSPS) is 13.6. The molecular weight excluding hydrogens is 464 g/mol. The predicted molar refractivity (Wildman–Crippen MR) is 143 cm³/mol. The fraction of sp³-hybridized carbons (Fsp3) is 0.407. The van der Waals surface area contributed by atoms with Crippen LogP contribution < -0.4 is 4.74 Å². The molecule has 0 amide bonds. The molecule has 0 bridgehead atoms. The maximum absolute atomic E-state index is 6.38. The lowest BCUT2D eigenvalue weighted by Crippen LogP contribution is -2.24. The molecule has 0 saturated heterocycles. The van der Waals surface area contributed by atoms with Crippen LogP contribution in [0.1, 0.15) is 11.8 Å². The number of para-hydroxylation sites is 1. The number of likely N-dealkylation sites (N-methyl/N-ethyl adjacent to an activating group) is 1. The number of aromatic nitrogens is 1. The highest BCUT2D eigenvalue weighted by Gasteiger charge is 2.26. The quantitative estimate of drug-likeness (QED) is 0.187. The molecule has 4 rings (SSSR count). The van der Waals surface area contributed by atoms with E-state index in [1.807, 2.05) is 36.4 Å². The summed E-state index contributed by atoms with van der Waals surface area (Å²) in [4.78, 5) is 5.77. The molecule has 34 heavy (non-hydrogen) atoms. The van der Waals surface area contributed by atoms with Crippen LogP contribution >= 0.6 is 11.6 Å². The predicted octanol–water partition coefficient (Wildman–Crippen LogP) is 7.08. The van der Waals surface area contributed by atoms with Crippen molar-refractivity contribution in [3.8, 4) is 33.9 Å². The van der Waals surface area contributed by atoms with E-state index in [4.69, 9.17) is 25.8 Å². The Morgan fingerprint density at radius 2 is 1.74 bits per heavy atom. The van der Waals surface area contributed by atoms with Crippen molar-refractivity contribution in [3.05, 3.63) is 59.2 Å². The van der Waals surface area contributed by atoms with Crippen LogP contribution in [-0.2, 0) is 9.47 Å². The lowest BCUT2D eigenvalue weighted by molar-refractivity contribution is -0.0209. The number of hydrogen-bond acceptors (Lipinski definition) is 4. The Labute approximate surface area is 209 Å².